The molecule has 2 aliphatic heterocycles. The van der Waals surface area contributed by atoms with E-state index in [1.165, 1.54) is 0 Å². The van der Waals surface area contributed by atoms with Gasteiger partial charge in [-0.15, -0.1) is 5.10 Å². The van der Waals surface area contributed by atoms with E-state index in [2.05, 4.69) is 44.5 Å². The average molecular weight is 415 g/mol. The first-order chi connectivity index (χ1) is 14.8. The maximum absolute atomic E-state index is 10.6. The Morgan fingerprint density at radius 3 is 2.65 bits per heavy atom. The number of anilines is 1. The molecule has 3 aromatic rings. The summed E-state index contributed by atoms with van der Waals surface area (Å²) in [7, 11) is 0. The van der Waals surface area contributed by atoms with Crippen LogP contribution >= 0.6 is 0 Å². The Bertz CT molecular complexity index is 1220. The summed E-state index contributed by atoms with van der Waals surface area (Å²) in [5.41, 5.74) is 1.81. The van der Waals surface area contributed by atoms with Crippen molar-refractivity contribution in [3.63, 3.8) is 0 Å². The van der Waals surface area contributed by atoms with Crippen LogP contribution in [0, 0.1) is 16.7 Å². The Morgan fingerprint density at radius 2 is 2.00 bits per heavy atom. The van der Waals surface area contributed by atoms with Crippen molar-refractivity contribution >= 4 is 16.7 Å². The van der Waals surface area contributed by atoms with Gasteiger partial charge in [-0.1, -0.05) is 12.1 Å². The lowest BCUT2D eigenvalue weighted by molar-refractivity contribution is -0.0754. The zero-order valence-electron chi connectivity index (χ0n) is 17.9. The molecule has 2 bridgehead atoms. The van der Waals surface area contributed by atoms with Crippen molar-refractivity contribution in [2.24, 2.45) is 5.41 Å². The SMILES string of the molecule is CC(C)(O)C12CC(C1)N(c1cc(-n3ncc4ccc(C5(C#N)CCC5)cc43)cnn1)C2. The molecule has 2 saturated carbocycles. The highest BCUT2D eigenvalue weighted by Gasteiger charge is 2.62. The van der Waals surface area contributed by atoms with Gasteiger partial charge in [0.05, 0.1) is 40.7 Å². The molecule has 4 aliphatic rings. The van der Waals surface area contributed by atoms with E-state index >= 15 is 0 Å². The Kier molecular flexibility index (Phi) is 3.66. The van der Waals surface area contributed by atoms with Crippen molar-refractivity contribution in [3.8, 4) is 11.8 Å². The second kappa shape index (κ2) is 6.04. The fourth-order valence-electron chi connectivity index (χ4n) is 5.73. The number of nitrogens with zero attached hydrogens (tertiary/aromatic N) is 6. The Labute approximate surface area is 181 Å². The zero-order valence-corrected chi connectivity index (χ0v) is 17.9. The average Bonchev–Trinajstić information content (AvgIpc) is 3.38. The Morgan fingerprint density at radius 1 is 1.19 bits per heavy atom. The lowest BCUT2D eigenvalue weighted by Gasteiger charge is -2.45. The molecule has 7 rings (SSSR count). The Balaban J connectivity index is 1.37. The van der Waals surface area contributed by atoms with Gasteiger partial charge in [-0.05, 0) is 57.6 Å². The fourth-order valence-corrected chi connectivity index (χ4v) is 5.73. The summed E-state index contributed by atoms with van der Waals surface area (Å²) in [6.45, 7) is 4.63. The van der Waals surface area contributed by atoms with Crippen LogP contribution in [0.1, 0.15) is 51.5 Å². The van der Waals surface area contributed by atoms with E-state index in [0.717, 1.165) is 66.6 Å². The molecule has 0 atom stereocenters. The van der Waals surface area contributed by atoms with Crippen LogP contribution in [0.3, 0.4) is 0 Å². The second-order valence-electron chi connectivity index (χ2n) is 10.2. The third kappa shape index (κ3) is 2.51. The number of fused-ring (bicyclic) bond motifs is 2. The summed E-state index contributed by atoms with van der Waals surface area (Å²) in [5.74, 6) is 0.832. The normalized spacial score (nSPS) is 26.4. The molecule has 4 fully saturated rings. The number of aliphatic hydroxyl groups is 1. The van der Waals surface area contributed by atoms with E-state index in [9.17, 15) is 10.4 Å². The van der Waals surface area contributed by atoms with Crippen LogP contribution in [0.2, 0.25) is 0 Å². The molecule has 4 heterocycles. The predicted octanol–water partition coefficient (Wildman–Crippen LogP) is 3.50. The highest BCUT2D eigenvalue weighted by atomic mass is 16.3. The minimum atomic E-state index is -0.698. The highest BCUT2D eigenvalue weighted by Crippen LogP contribution is 2.58. The van der Waals surface area contributed by atoms with Gasteiger partial charge in [0.1, 0.15) is 0 Å². The lowest BCUT2D eigenvalue weighted by Crippen LogP contribution is -2.50. The van der Waals surface area contributed by atoms with Crippen molar-refractivity contribution in [2.75, 3.05) is 11.4 Å². The number of hydrogen-bond acceptors (Lipinski definition) is 6. The molecule has 2 aromatic heterocycles. The van der Waals surface area contributed by atoms with E-state index < -0.39 is 5.60 Å². The summed E-state index contributed by atoms with van der Waals surface area (Å²) in [6.07, 6.45) is 8.52. The number of rotatable bonds is 4. The molecule has 0 unspecified atom stereocenters. The lowest BCUT2D eigenvalue weighted by atomic mass is 9.61. The van der Waals surface area contributed by atoms with Gasteiger partial charge in [0, 0.05) is 29.5 Å². The van der Waals surface area contributed by atoms with Gasteiger partial charge in [0.25, 0.3) is 0 Å². The molecule has 2 aliphatic carbocycles. The van der Waals surface area contributed by atoms with Crippen molar-refractivity contribution in [2.45, 2.75) is 63.0 Å². The molecular formula is C24H26N6O. The first kappa shape index (κ1) is 18.8. The van der Waals surface area contributed by atoms with E-state index in [1.807, 2.05) is 30.8 Å². The van der Waals surface area contributed by atoms with Gasteiger partial charge < -0.3 is 10.0 Å². The van der Waals surface area contributed by atoms with Crippen LogP contribution in [0.15, 0.2) is 36.7 Å². The number of hydrogen-bond donors (Lipinski definition) is 1. The van der Waals surface area contributed by atoms with Crippen molar-refractivity contribution in [1.29, 1.82) is 5.26 Å². The summed E-state index contributed by atoms with van der Waals surface area (Å²) >= 11 is 0. The molecule has 158 valence electrons. The predicted molar refractivity (Wildman–Crippen MR) is 117 cm³/mol. The highest BCUT2D eigenvalue weighted by molar-refractivity contribution is 5.81. The molecule has 0 radical (unpaired) electrons. The summed E-state index contributed by atoms with van der Waals surface area (Å²) in [4.78, 5) is 2.28. The molecule has 0 spiro atoms. The number of benzene rings is 1. The minimum absolute atomic E-state index is 0.0585. The number of aromatic nitrogens is 4. The first-order valence-corrected chi connectivity index (χ1v) is 11.1. The van der Waals surface area contributed by atoms with Crippen LogP contribution in [0.25, 0.3) is 16.6 Å². The summed E-state index contributed by atoms with van der Waals surface area (Å²) in [5, 5.41) is 34.7. The van der Waals surface area contributed by atoms with Crippen molar-refractivity contribution < 1.29 is 5.11 Å². The number of nitriles is 1. The van der Waals surface area contributed by atoms with Crippen LogP contribution in [-0.2, 0) is 5.41 Å². The van der Waals surface area contributed by atoms with Crippen LogP contribution in [0.4, 0.5) is 5.82 Å². The molecule has 2 saturated heterocycles. The van der Waals surface area contributed by atoms with Gasteiger partial charge >= 0.3 is 0 Å². The largest absolute Gasteiger partial charge is 0.390 e. The molecule has 1 aromatic carbocycles. The molecule has 0 amide bonds. The van der Waals surface area contributed by atoms with E-state index in [1.54, 1.807) is 6.20 Å². The maximum atomic E-state index is 10.6. The van der Waals surface area contributed by atoms with E-state index in [4.69, 9.17) is 0 Å². The standard InChI is InChI=1S/C24H26N6O/c1-22(2,31)24-10-19(11-24)29(15-24)21-9-18(13-26-28-21)30-20-8-17(5-4-16(20)12-27-30)23(14-25)6-3-7-23/h4-5,8-9,12-13,19,31H,3,6-7,10-11,15H2,1-2H3. The van der Waals surface area contributed by atoms with Gasteiger partial charge in [0.15, 0.2) is 5.82 Å². The van der Waals surface area contributed by atoms with Gasteiger partial charge in [-0.25, -0.2) is 4.68 Å². The third-order valence-corrected chi connectivity index (χ3v) is 8.17. The second-order valence-corrected chi connectivity index (χ2v) is 10.2. The monoisotopic (exact) mass is 414 g/mol. The van der Waals surface area contributed by atoms with Gasteiger partial charge in [-0.3, -0.25) is 0 Å². The molecule has 7 nitrogen and oxygen atoms in total. The molecule has 7 heteroatoms. The Hall–Kier alpha value is -2.98. The smallest absolute Gasteiger partial charge is 0.153 e. The van der Waals surface area contributed by atoms with Crippen LogP contribution in [-0.4, -0.2) is 43.3 Å². The molecule has 31 heavy (non-hydrogen) atoms. The van der Waals surface area contributed by atoms with E-state index in [0.29, 0.717) is 6.04 Å². The van der Waals surface area contributed by atoms with Crippen molar-refractivity contribution in [3.05, 3.63) is 42.2 Å². The topological polar surface area (TPSA) is 90.9 Å². The fraction of sp³-hybridized carbons (Fsp3) is 0.500. The van der Waals surface area contributed by atoms with Crippen LogP contribution < -0.4 is 4.90 Å². The van der Waals surface area contributed by atoms with Gasteiger partial charge in [-0.2, -0.15) is 15.5 Å². The quantitative estimate of drug-likeness (QED) is 0.703. The third-order valence-electron chi connectivity index (χ3n) is 8.17. The summed E-state index contributed by atoms with van der Waals surface area (Å²) < 4.78 is 1.90. The zero-order chi connectivity index (χ0) is 21.4. The maximum Gasteiger partial charge on any atom is 0.153 e. The van der Waals surface area contributed by atoms with Crippen LogP contribution in [0.5, 0.6) is 0 Å². The summed E-state index contributed by atoms with van der Waals surface area (Å²) in [6, 6.07) is 11.2. The first-order valence-electron chi connectivity index (χ1n) is 11.1. The molecular weight excluding hydrogens is 388 g/mol. The molecule has 1 N–H and O–H groups in total. The van der Waals surface area contributed by atoms with E-state index in [-0.39, 0.29) is 10.8 Å². The van der Waals surface area contributed by atoms with Crippen molar-refractivity contribution in [1.82, 2.24) is 20.0 Å². The minimum Gasteiger partial charge on any atom is -0.390 e. The van der Waals surface area contributed by atoms with Gasteiger partial charge in [0.2, 0.25) is 0 Å².